The van der Waals surface area contributed by atoms with Gasteiger partial charge in [0.05, 0.1) is 12.7 Å². The summed E-state index contributed by atoms with van der Waals surface area (Å²) in [7, 11) is 1.33. The lowest BCUT2D eigenvalue weighted by Gasteiger charge is -2.16. The number of methoxy groups -OCH3 is 1. The topological polar surface area (TPSA) is 64.6 Å². The Morgan fingerprint density at radius 1 is 1.12 bits per heavy atom. The molecule has 5 nitrogen and oxygen atoms in total. The van der Waals surface area contributed by atoms with Gasteiger partial charge in [-0.25, -0.2) is 4.79 Å². The highest BCUT2D eigenvalue weighted by Crippen LogP contribution is 2.28. The first-order valence-corrected chi connectivity index (χ1v) is 8.67. The maximum Gasteiger partial charge on any atom is 0.338 e. The molecule has 0 aliphatic carbocycles. The molecule has 1 atom stereocenters. The Kier molecular flexibility index (Phi) is 6.78. The summed E-state index contributed by atoms with van der Waals surface area (Å²) < 4.78 is 10.5. The van der Waals surface area contributed by atoms with E-state index in [0.29, 0.717) is 22.7 Å². The average Bonchev–Trinajstić information content (AvgIpc) is 2.67. The predicted molar refractivity (Wildman–Crippen MR) is 102 cm³/mol. The van der Waals surface area contributed by atoms with E-state index in [0.717, 1.165) is 17.7 Å². The molecule has 0 fully saturated rings. The van der Waals surface area contributed by atoms with Crippen LogP contribution in [0, 0.1) is 6.92 Å². The van der Waals surface area contributed by atoms with Gasteiger partial charge in [-0.15, -0.1) is 0 Å². The number of hydrogen-bond donors (Lipinski definition) is 1. The van der Waals surface area contributed by atoms with Gasteiger partial charge in [-0.1, -0.05) is 38.1 Å². The molecule has 2 aromatic carbocycles. The molecule has 138 valence electrons. The molecule has 0 bridgehead atoms. The minimum Gasteiger partial charge on any atom is -0.483 e. The third-order valence-corrected chi connectivity index (χ3v) is 4.43. The number of nitrogens with one attached hydrogen (secondary N) is 1. The van der Waals surface area contributed by atoms with E-state index in [2.05, 4.69) is 19.2 Å². The molecular weight excluding hydrogens is 330 g/mol. The molecule has 1 unspecified atom stereocenters. The van der Waals surface area contributed by atoms with Gasteiger partial charge < -0.3 is 14.8 Å². The Labute approximate surface area is 154 Å². The predicted octanol–water partition coefficient (Wildman–Crippen LogP) is 4.31. The van der Waals surface area contributed by atoms with Crippen LogP contribution < -0.4 is 10.1 Å². The quantitative estimate of drug-likeness (QED) is 0.752. The number of esters is 1. The minimum absolute atomic E-state index is 0.102. The second-order valence-electron chi connectivity index (χ2n) is 6.15. The Morgan fingerprint density at radius 2 is 1.85 bits per heavy atom. The number of carbonyl (C=O) groups excluding carboxylic acids is 2. The van der Waals surface area contributed by atoms with E-state index in [-0.39, 0.29) is 12.5 Å². The highest BCUT2D eigenvalue weighted by atomic mass is 16.5. The van der Waals surface area contributed by atoms with Crippen LogP contribution in [0.2, 0.25) is 0 Å². The number of rotatable bonds is 7. The lowest BCUT2D eigenvalue weighted by Crippen LogP contribution is -2.21. The van der Waals surface area contributed by atoms with Crippen LogP contribution in [0.1, 0.15) is 47.7 Å². The van der Waals surface area contributed by atoms with Crippen LogP contribution in [0.5, 0.6) is 5.75 Å². The number of anilines is 1. The fraction of sp³-hybridized carbons (Fsp3) is 0.333. The second kappa shape index (κ2) is 9.04. The largest absolute Gasteiger partial charge is 0.483 e. The van der Waals surface area contributed by atoms with E-state index in [1.54, 1.807) is 25.1 Å². The minimum atomic E-state index is -0.433. The molecular formula is C21H25NO4. The fourth-order valence-corrected chi connectivity index (χ4v) is 2.67. The maximum absolute atomic E-state index is 12.3. The summed E-state index contributed by atoms with van der Waals surface area (Å²) in [6.07, 6.45) is 0.992. The van der Waals surface area contributed by atoms with Crippen molar-refractivity contribution in [1.82, 2.24) is 0 Å². The van der Waals surface area contributed by atoms with Gasteiger partial charge in [-0.3, -0.25) is 4.79 Å². The molecule has 5 heteroatoms. The number of benzene rings is 2. The molecule has 0 aliphatic rings. The highest BCUT2D eigenvalue weighted by molar-refractivity contribution is 5.97. The van der Waals surface area contributed by atoms with Gasteiger partial charge in [0.15, 0.2) is 6.61 Å². The molecule has 1 amide bonds. The van der Waals surface area contributed by atoms with Crippen molar-refractivity contribution in [2.75, 3.05) is 19.0 Å². The van der Waals surface area contributed by atoms with Crippen molar-refractivity contribution in [3.8, 4) is 5.75 Å². The molecule has 0 saturated carbocycles. The van der Waals surface area contributed by atoms with Gasteiger partial charge in [-0.2, -0.15) is 0 Å². The maximum atomic E-state index is 12.3. The van der Waals surface area contributed by atoms with Crippen molar-refractivity contribution in [3.05, 3.63) is 59.2 Å². The SMILES string of the molecule is CCC(C)c1ccccc1OCC(=O)Nc1cccc(C(=O)OC)c1C. The van der Waals surface area contributed by atoms with Crippen LogP contribution in [0.25, 0.3) is 0 Å². The Morgan fingerprint density at radius 3 is 2.54 bits per heavy atom. The van der Waals surface area contributed by atoms with E-state index < -0.39 is 5.97 Å². The lowest BCUT2D eigenvalue weighted by atomic mass is 9.98. The smallest absolute Gasteiger partial charge is 0.338 e. The van der Waals surface area contributed by atoms with Gasteiger partial charge >= 0.3 is 5.97 Å². The molecule has 1 N–H and O–H groups in total. The zero-order valence-corrected chi connectivity index (χ0v) is 15.7. The molecule has 2 aromatic rings. The third-order valence-electron chi connectivity index (χ3n) is 4.43. The average molecular weight is 355 g/mol. The van der Waals surface area contributed by atoms with Crippen molar-refractivity contribution >= 4 is 17.6 Å². The van der Waals surface area contributed by atoms with E-state index in [4.69, 9.17) is 9.47 Å². The van der Waals surface area contributed by atoms with Gasteiger partial charge in [0, 0.05) is 5.69 Å². The number of para-hydroxylation sites is 1. The van der Waals surface area contributed by atoms with Gasteiger partial charge in [0.1, 0.15) is 5.75 Å². The zero-order chi connectivity index (χ0) is 19.1. The number of ether oxygens (including phenoxy) is 2. The van der Waals surface area contributed by atoms with Crippen molar-refractivity contribution in [1.29, 1.82) is 0 Å². The first kappa shape index (κ1) is 19.5. The van der Waals surface area contributed by atoms with E-state index in [9.17, 15) is 9.59 Å². The third kappa shape index (κ3) is 4.63. The normalized spacial score (nSPS) is 11.5. The first-order valence-electron chi connectivity index (χ1n) is 8.67. The van der Waals surface area contributed by atoms with Crippen LogP contribution in [0.4, 0.5) is 5.69 Å². The summed E-state index contributed by atoms with van der Waals surface area (Å²) in [6, 6.07) is 12.9. The van der Waals surface area contributed by atoms with Crippen LogP contribution >= 0.6 is 0 Å². The summed E-state index contributed by atoms with van der Waals surface area (Å²) in [5.74, 6) is 0.358. The van der Waals surface area contributed by atoms with Gasteiger partial charge in [0.2, 0.25) is 0 Å². The molecule has 0 saturated heterocycles. The zero-order valence-electron chi connectivity index (χ0n) is 15.7. The Hall–Kier alpha value is -2.82. The second-order valence-corrected chi connectivity index (χ2v) is 6.15. The van der Waals surface area contributed by atoms with E-state index in [1.807, 2.05) is 24.3 Å². The monoisotopic (exact) mass is 355 g/mol. The van der Waals surface area contributed by atoms with Crippen molar-refractivity contribution in [3.63, 3.8) is 0 Å². The number of amides is 1. The van der Waals surface area contributed by atoms with Crippen LogP contribution in [0.15, 0.2) is 42.5 Å². The molecule has 2 rings (SSSR count). The van der Waals surface area contributed by atoms with E-state index >= 15 is 0 Å². The molecule has 0 aromatic heterocycles. The van der Waals surface area contributed by atoms with Crippen molar-refractivity contribution < 1.29 is 19.1 Å². The van der Waals surface area contributed by atoms with Crippen molar-refractivity contribution in [2.24, 2.45) is 0 Å². The molecule has 0 spiro atoms. The summed E-state index contributed by atoms with van der Waals surface area (Å²) in [6.45, 7) is 5.91. The van der Waals surface area contributed by atoms with Crippen molar-refractivity contribution in [2.45, 2.75) is 33.1 Å². The molecule has 0 radical (unpaired) electrons. The van der Waals surface area contributed by atoms with Gasteiger partial charge in [-0.05, 0) is 48.6 Å². The summed E-state index contributed by atoms with van der Waals surface area (Å²) >= 11 is 0. The number of hydrogen-bond acceptors (Lipinski definition) is 4. The Balaban J connectivity index is 2.06. The molecule has 26 heavy (non-hydrogen) atoms. The Bertz CT molecular complexity index is 785. The fourth-order valence-electron chi connectivity index (χ4n) is 2.67. The molecule has 0 aliphatic heterocycles. The summed E-state index contributed by atoms with van der Waals surface area (Å²) in [5, 5.41) is 2.79. The standard InChI is InChI=1S/C21H25NO4/c1-5-14(2)16-9-6-7-12-19(16)26-13-20(23)22-18-11-8-10-17(15(18)3)21(24)25-4/h6-12,14H,5,13H2,1-4H3,(H,22,23). The van der Waals surface area contributed by atoms with Gasteiger partial charge in [0.25, 0.3) is 5.91 Å². The summed E-state index contributed by atoms with van der Waals surface area (Å²) in [4.78, 5) is 24.0. The first-order chi connectivity index (χ1) is 12.5. The lowest BCUT2D eigenvalue weighted by molar-refractivity contribution is -0.118. The van der Waals surface area contributed by atoms with Crippen LogP contribution in [0.3, 0.4) is 0 Å². The van der Waals surface area contributed by atoms with Crippen LogP contribution in [-0.2, 0) is 9.53 Å². The summed E-state index contributed by atoms with van der Waals surface area (Å²) in [5.41, 5.74) is 2.74. The highest BCUT2D eigenvalue weighted by Gasteiger charge is 2.15. The number of carbonyl (C=O) groups is 2. The molecule has 0 heterocycles. The van der Waals surface area contributed by atoms with E-state index in [1.165, 1.54) is 7.11 Å². The van der Waals surface area contributed by atoms with Crippen LogP contribution in [-0.4, -0.2) is 25.6 Å².